The summed E-state index contributed by atoms with van der Waals surface area (Å²) in [6.45, 7) is 8.04. The summed E-state index contributed by atoms with van der Waals surface area (Å²) in [5, 5.41) is 8.44. The van der Waals surface area contributed by atoms with Crippen LogP contribution in [0.4, 0.5) is 0 Å². The average Bonchev–Trinajstić information content (AvgIpc) is 2.68. The molecule has 0 aliphatic heterocycles. The Morgan fingerprint density at radius 3 is 2.63 bits per heavy atom. The molecule has 0 radical (unpaired) electrons. The maximum atomic E-state index is 6.24. The van der Waals surface area contributed by atoms with Crippen LogP contribution in [0, 0.1) is 13.8 Å². The molecular weight excluding hydrogens is 262 g/mol. The summed E-state index contributed by atoms with van der Waals surface area (Å²) in [6.07, 6.45) is 3.55. The standard InChI is InChI=1S/C13H18ClN5/c1-4-19-12(13(14)10(3)18-19)8-15-6-11-7-16-9(2)5-17-11/h5,7,15H,4,6,8H2,1-3H3. The predicted octanol–water partition coefficient (Wildman–Crippen LogP) is 2.25. The number of hydrogen-bond donors (Lipinski definition) is 1. The highest BCUT2D eigenvalue weighted by Crippen LogP contribution is 2.19. The van der Waals surface area contributed by atoms with Crippen molar-refractivity contribution in [2.24, 2.45) is 0 Å². The van der Waals surface area contributed by atoms with Crippen molar-refractivity contribution < 1.29 is 0 Å². The predicted molar refractivity (Wildman–Crippen MR) is 75.0 cm³/mol. The number of nitrogens with zero attached hydrogens (tertiary/aromatic N) is 4. The zero-order chi connectivity index (χ0) is 13.8. The Balaban J connectivity index is 1.97. The molecule has 5 nitrogen and oxygen atoms in total. The van der Waals surface area contributed by atoms with Gasteiger partial charge in [-0.15, -0.1) is 0 Å². The minimum absolute atomic E-state index is 0.664. The first kappa shape index (κ1) is 14.0. The topological polar surface area (TPSA) is 55.6 Å². The summed E-state index contributed by atoms with van der Waals surface area (Å²) in [4.78, 5) is 8.51. The quantitative estimate of drug-likeness (QED) is 0.912. The molecule has 2 aromatic heterocycles. The summed E-state index contributed by atoms with van der Waals surface area (Å²) < 4.78 is 1.92. The van der Waals surface area contributed by atoms with Crippen LogP contribution in [-0.2, 0) is 19.6 Å². The summed E-state index contributed by atoms with van der Waals surface area (Å²) in [5.41, 5.74) is 3.73. The number of halogens is 1. The van der Waals surface area contributed by atoms with Crippen molar-refractivity contribution in [3.8, 4) is 0 Å². The third kappa shape index (κ3) is 3.30. The molecule has 0 spiro atoms. The molecule has 2 aromatic rings. The highest BCUT2D eigenvalue weighted by atomic mass is 35.5. The van der Waals surface area contributed by atoms with Gasteiger partial charge in [-0.1, -0.05) is 11.6 Å². The van der Waals surface area contributed by atoms with Gasteiger partial charge < -0.3 is 5.32 Å². The van der Waals surface area contributed by atoms with E-state index in [1.54, 1.807) is 12.4 Å². The Morgan fingerprint density at radius 2 is 2.00 bits per heavy atom. The van der Waals surface area contributed by atoms with Gasteiger partial charge in [-0.05, 0) is 20.8 Å². The number of hydrogen-bond acceptors (Lipinski definition) is 4. The number of nitrogens with one attached hydrogen (secondary N) is 1. The molecule has 102 valence electrons. The molecule has 19 heavy (non-hydrogen) atoms. The van der Waals surface area contributed by atoms with Crippen molar-refractivity contribution in [3.63, 3.8) is 0 Å². The molecule has 0 saturated carbocycles. The van der Waals surface area contributed by atoms with Gasteiger partial charge in [0.25, 0.3) is 0 Å². The van der Waals surface area contributed by atoms with Gasteiger partial charge in [0.1, 0.15) is 0 Å². The molecular formula is C13H18ClN5. The highest BCUT2D eigenvalue weighted by Gasteiger charge is 2.11. The van der Waals surface area contributed by atoms with Crippen molar-refractivity contribution >= 4 is 11.6 Å². The molecule has 0 aromatic carbocycles. The minimum Gasteiger partial charge on any atom is -0.305 e. The van der Waals surface area contributed by atoms with Crippen molar-refractivity contribution in [1.29, 1.82) is 0 Å². The molecule has 0 unspecified atom stereocenters. The number of aromatic nitrogens is 4. The van der Waals surface area contributed by atoms with Crippen LogP contribution < -0.4 is 5.32 Å². The fourth-order valence-corrected chi connectivity index (χ4v) is 2.06. The highest BCUT2D eigenvalue weighted by molar-refractivity contribution is 6.31. The maximum Gasteiger partial charge on any atom is 0.0860 e. The smallest absolute Gasteiger partial charge is 0.0860 e. The number of rotatable bonds is 5. The van der Waals surface area contributed by atoms with E-state index < -0.39 is 0 Å². The Bertz CT molecular complexity index is 547. The monoisotopic (exact) mass is 279 g/mol. The SMILES string of the molecule is CCn1nc(C)c(Cl)c1CNCc1cnc(C)cn1. The second kappa shape index (κ2) is 6.12. The van der Waals surface area contributed by atoms with Crippen LogP contribution in [0.25, 0.3) is 0 Å². The van der Waals surface area contributed by atoms with E-state index in [0.717, 1.165) is 34.3 Å². The van der Waals surface area contributed by atoms with E-state index in [0.29, 0.717) is 13.1 Å². The first-order valence-corrected chi connectivity index (χ1v) is 6.69. The minimum atomic E-state index is 0.664. The lowest BCUT2D eigenvalue weighted by Crippen LogP contribution is -2.17. The van der Waals surface area contributed by atoms with E-state index >= 15 is 0 Å². The van der Waals surface area contributed by atoms with Crippen LogP contribution in [-0.4, -0.2) is 19.7 Å². The van der Waals surface area contributed by atoms with Crippen LogP contribution in [0.2, 0.25) is 5.02 Å². The van der Waals surface area contributed by atoms with Crippen LogP contribution in [0.5, 0.6) is 0 Å². The fourth-order valence-electron chi connectivity index (χ4n) is 1.86. The largest absolute Gasteiger partial charge is 0.305 e. The molecule has 0 aliphatic rings. The zero-order valence-electron chi connectivity index (χ0n) is 11.4. The maximum absolute atomic E-state index is 6.24. The van der Waals surface area contributed by atoms with Crippen molar-refractivity contribution in [2.45, 2.75) is 40.4 Å². The van der Waals surface area contributed by atoms with Crippen LogP contribution >= 0.6 is 11.6 Å². The molecule has 0 fully saturated rings. The Morgan fingerprint density at radius 1 is 1.21 bits per heavy atom. The summed E-state index contributed by atoms with van der Waals surface area (Å²) in [7, 11) is 0. The first-order chi connectivity index (χ1) is 9.11. The lowest BCUT2D eigenvalue weighted by atomic mass is 10.3. The van der Waals surface area contributed by atoms with E-state index in [4.69, 9.17) is 11.6 Å². The van der Waals surface area contributed by atoms with E-state index in [9.17, 15) is 0 Å². The van der Waals surface area contributed by atoms with Gasteiger partial charge in [-0.25, -0.2) is 0 Å². The molecule has 2 rings (SSSR count). The van der Waals surface area contributed by atoms with E-state index in [2.05, 4.69) is 27.3 Å². The summed E-state index contributed by atoms with van der Waals surface area (Å²) >= 11 is 6.24. The number of aryl methyl sites for hydroxylation is 3. The van der Waals surface area contributed by atoms with E-state index in [-0.39, 0.29) is 0 Å². The second-order valence-electron chi connectivity index (χ2n) is 4.41. The second-order valence-corrected chi connectivity index (χ2v) is 4.79. The molecule has 0 bridgehead atoms. The van der Waals surface area contributed by atoms with Crippen LogP contribution in [0.1, 0.15) is 29.7 Å². The lowest BCUT2D eigenvalue weighted by molar-refractivity contribution is 0.575. The van der Waals surface area contributed by atoms with E-state index in [1.165, 1.54) is 0 Å². The summed E-state index contributed by atoms with van der Waals surface area (Å²) in [5.74, 6) is 0. The molecule has 2 heterocycles. The molecule has 6 heteroatoms. The van der Waals surface area contributed by atoms with Crippen molar-refractivity contribution in [1.82, 2.24) is 25.1 Å². The molecule has 0 saturated heterocycles. The van der Waals surface area contributed by atoms with Crippen LogP contribution in [0.3, 0.4) is 0 Å². The average molecular weight is 280 g/mol. The van der Waals surface area contributed by atoms with Gasteiger partial charge in [-0.3, -0.25) is 14.6 Å². The molecule has 1 N–H and O–H groups in total. The lowest BCUT2D eigenvalue weighted by Gasteiger charge is -2.07. The summed E-state index contributed by atoms with van der Waals surface area (Å²) in [6, 6.07) is 0. The van der Waals surface area contributed by atoms with E-state index in [1.807, 2.05) is 18.5 Å². The molecule has 0 amide bonds. The van der Waals surface area contributed by atoms with Gasteiger partial charge in [0.2, 0.25) is 0 Å². The Kier molecular flexibility index (Phi) is 4.50. The van der Waals surface area contributed by atoms with Gasteiger partial charge in [-0.2, -0.15) is 5.10 Å². The van der Waals surface area contributed by atoms with Crippen molar-refractivity contribution in [2.75, 3.05) is 0 Å². The van der Waals surface area contributed by atoms with Gasteiger partial charge >= 0.3 is 0 Å². The third-order valence-electron chi connectivity index (χ3n) is 2.89. The fraction of sp³-hybridized carbons (Fsp3) is 0.462. The third-order valence-corrected chi connectivity index (χ3v) is 3.38. The van der Waals surface area contributed by atoms with Gasteiger partial charge in [0.15, 0.2) is 0 Å². The Labute approximate surface area is 118 Å². The Hall–Kier alpha value is -1.46. The van der Waals surface area contributed by atoms with Gasteiger partial charge in [0.05, 0.1) is 27.8 Å². The first-order valence-electron chi connectivity index (χ1n) is 6.31. The van der Waals surface area contributed by atoms with Crippen LogP contribution in [0.15, 0.2) is 12.4 Å². The zero-order valence-corrected chi connectivity index (χ0v) is 12.2. The normalized spacial score (nSPS) is 10.9. The molecule has 0 atom stereocenters. The van der Waals surface area contributed by atoms with Gasteiger partial charge in [0, 0.05) is 32.0 Å². The van der Waals surface area contributed by atoms with Crippen molar-refractivity contribution in [3.05, 3.63) is 40.2 Å². The molecule has 0 aliphatic carbocycles.